The van der Waals surface area contributed by atoms with Gasteiger partial charge in [0.15, 0.2) is 0 Å². The van der Waals surface area contributed by atoms with Crippen LogP contribution in [-0.4, -0.2) is 59.9 Å². The van der Waals surface area contributed by atoms with E-state index in [1.54, 1.807) is 0 Å². The van der Waals surface area contributed by atoms with E-state index in [0.717, 1.165) is 0 Å². The van der Waals surface area contributed by atoms with Gasteiger partial charge in [0.2, 0.25) is 11.8 Å². The predicted octanol–water partition coefficient (Wildman–Crippen LogP) is 2.87. The summed E-state index contributed by atoms with van der Waals surface area (Å²) in [6.45, 7) is 13.8. The van der Waals surface area contributed by atoms with E-state index >= 15 is 0 Å². The summed E-state index contributed by atoms with van der Waals surface area (Å²) in [6.07, 6.45) is 5.63. The minimum Gasteiger partial charge on any atom is -0.493 e. The Morgan fingerprint density at radius 1 is 0.658 bits per heavy atom. The summed E-state index contributed by atoms with van der Waals surface area (Å²) < 4.78 is 30.9. The van der Waals surface area contributed by atoms with Crippen molar-refractivity contribution in [2.75, 3.05) is 23.0 Å². The van der Waals surface area contributed by atoms with Crippen LogP contribution in [0.2, 0.25) is 0 Å². The number of rotatable bonds is 17. The third-order valence-electron chi connectivity index (χ3n) is 7.31. The van der Waals surface area contributed by atoms with Crippen LogP contribution in [0.5, 0.6) is 11.8 Å². The average molecular weight is 575 g/mol. The van der Waals surface area contributed by atoms with Gasteiger partial charge in [0.05, 0.1) is 12.4 Å². The van der Waals surface area contributed by atoms with Gasteiger partial charge in [-0.1, -0.05) is 27.7 Å². The van der Waals surface area contributed by atoms with E-state index in [4.69, 9.17) is 0 Å². The molecule has 0 spiro atoms. The van der Waals surface area contributed by atoms with Crippen molar-refractivity contribution in [3.05, 3.63) is 33.4 Å². The Balaban J connectivity index is 1.72. The second-order valence-electron chi connectivity index (χ2n) is 11.4. The molecule has 2 aromatic heterocycles. The van der Waals surface area contributed by atoms with Gasteiger partial charge in [-0.05, 0) is 50.4 Å². The van der Waals surface area contributed by atoms with Gasteiger partial charge in [-0.25, -0.2) is 9.59 Å². The summed E-state index contributed by atoms with van der Waals surface area (Å²) in [5.74, 6) is 1.70. The van der Waals surface area contributed by atoms with Crippen molar-refractivity contribution in [2.45, 2.75) is 93.4 Å². The molecule has 0 aliphatic carbocycles. The van der Waals surface area contributed by atoms with Crippen molar-refractivity contribution >= 4 is 21.6 Å². The van der Waals surface area contributed by atoms with E-state index in [9.17, 15) is 28.2 Å². The van der Waals surface area contributed by atoms with Crippen molar-refractivity contribution in [3.8, 4) is 11.8 Å². The number of imidazole rings is 2. The molecular formula is C26H46N4O6S2. The first kappa shape index (κ1) is 32.1. The first-order valence-corrected chi connectivity index (χ1v) is 16.3. The number of aromatic hydroxyl groups is 2. The topological polar surface area (TPSA) is 128 Å². The lowest BCUT2D eigenvalue weighted by molar-refractivity contribution is 0.290. The summed E-state index contributed by atoms with van der Waals surface area (Å²) in [7, 11) is -2.16. The molecule has 218 valence electrons. The molecule has 2 aromatic rings. The Labute approximate surface area is 230 Å². The molecule has 2 atom stereocenters. The van der Waals surface area contributed by atoms with E-state index in [1.807, 2.05) is 13.8 Å². The molecule has 2 rings (SSSR count). The van der Waals surface area contributed by atoms with Gasteiger partial charge in [-0.15, -0.1) is 0 Å². The van der Waals surface area contributed by atoms with E-state index < -0.39 is 21.6 Å². The molecule has 0 fully saturated rings. The highest BCUT2D eigenvalue weighted by Crippen LogP contribution is 2.28. The van der Waals surface area contributed by atoms with Crippen LogP contribution < -0.4 is 11.4 Å². The molecule has 38 heavy (non-hydrogen) atoms. The molecule has 0 bridgehead atoms. The summed E-state index contributed by atoms with van der Waals surface area (Å²) in [5, 5.41) is 20.1. The summed E-state index contributed by atoms with van der Waals surface area (Å²) in [5.41, 5.74) is -0.767. The molecule has 0 saturated carbocycles. The van der Waals surface area contributed by atoms with E-state index in [0.29, 0.717) is 74.9 Å². The fraction of sp³-hybridized carbons (Fsp3) is 0.769. The molecule has 10 nitrogen and oxygen atoms in total. The SMILES string of the molecule is CCn1cc(O)n(CCC(C)(C)CCS(=O)CCS(=O)CCC(C)(C)CCn2c(O)cn(CC)c2=O)c1=O. The van der Waals surface area contributed by atoms with E-state index in [2.05, 4.69) is 27.7 Å². The standard InChI is InChI=1S/C26H46N4O6S2/c1-7-27-19-21(31)29(23(27)33)13-9-25(3,4)11-15-37(35)17-18-38(36)16-12-26(5,6)10-14-30-22(32)20-28(8-2)24(30)34/h19-20,31-32H,7-18H2,1-6H3. The highest BCUT2D eigenvalue weighted by atomic mass is 32.2. The second-order valence-corrected chi connectivity index (χ2v) is 14.8. The smallest absolute Gasteiger partial charge is 0.331 e. The van der Waals surface area contributed by atoms with Crippen LogP contribution >= 0.6 is 0 Å². The molecule has 0 amide bonds. The Morgan fingerprint density at radius 3 is 1.29 bits per heavy atom. The van der Waals surface area contributed by atoms with E-state index in [-0.39, 0.29) is 34.0 Å². The summed E-state index contributed by atoms with van der Waals surface area (Å²) in [4.78, 5) is 24.5. The minimum absolute atomic E-state index is 0.0375. The van der Waals surface area contributed by atoms with Crippen LogP contribution in [0.1, 0.15) is 67.2 Å². The Bertz CT molecular complexity index is 1130. The van der Waals surface area contributed by atoms with Gasteiger partial charge >= 0.3 is 11.4 Å². The zero-order valence-corrected chi connectivity index (χ0v) is 25.4. The molecule has 0 saturated heterocycles. The first-order chi connectivity index (χ1) is 17.7. The van der Waals surface area contributed by atoms with Crippen LogP contribution in [0.3, 0.4) is 0 Å². The molecule has 2 N–H and O–H groups in total. The summed E-state index contributed by atoms with van der Waals surface area (Å²) in [6, 6.07) is 0. The third-order valence-corrected chi connectivity index (χ3v) is 10.2. The molecule has 0 aromatic carbocycles. The van der Waals surface area contributed by atoms with Crippen molar-refractivity contribution < 1.29 is 18.6 Å². The fourth-order valence-corrected chi connectivity index (χ4v) is 7.61. The molecule has 0 aliphatic rings. The maximum Gasteiger partial charge on any atom is 0.331 e. The van der Waals surface area contributed by atoms with Crippen LogP contribution in [-0.2, 0) is 47.8 Å². The Morgan fingerprint density at radius 2 is 1.00 bits per heavy atom. The fourth-order valence-electron chi connectivity index (χ4n) is 4.16. The van der Waals surface area contributed by atoms with Crippen molar-refractivity contribution in [1.29, 1.82) is 0 Å². The Kier molecular flexibility index (Phi) is 11.7. The van der Waals surface area contributed by atoms with Gasteiger partial charge in [-0.3, -0.25) is 26.7 Å². The normalized spacial score (nSPS) is 14.2. The maximum atomic E-state index is 12.6. The van der Waals surface area contributed by atoms with Gasteiger partial charge in [0.1, 0.15) is 0 Å². The average Bonchev–Trinajstić information content (AvgIpc) is 3.30. The molecule has 12 heteroatoms. The van der Waals surface area contributed by atoms with Gasteiger partial charge in [-0.2, -0.15) is 0 Å². The predicted molar refractivity (Wildman–Crippen MR) is 154 cm³/mol. The number of aromatic nitrogens is 4. The lowest BCUT2D eigenvalue weighted by atomic mass is 9.86. The number of aryl methyl sites for hydroxylation is 2. The van der Waals surface area contributed by atoms with Crippen molar-refractivity contribution in [2.24, 2.45) is 10.8 Å². The number of hydrogen-bond donors (Lipinski definition) is 2. The minimum atomic E-state index is -1.08. The molecule has 0 radical (unpaired) electrons. The van der Waals surface area contributed by atoms with Gasteiger partial charge in [0.25, 0.3) is 0 Å². The number of nitrogens with zero attached hydrogens (tertiary/aromatic N) is 4. The second kappa shape index (κ2) is 13.8. The zero-order chi connectivity index (χ0) is 28.7. The van der Waals surface area contributed by atoms with Gasteiger partial charge < -0.3 is 10.2 Å². The summed E-state index contributed by atoms with van der Waals surface area (Å²) >= 11 is 0. The zero-order valence-electron chi connectivity index (χ0n) is 23.8. The monoisotopic (exact) mass is 574 g/mol. The van der Waals surface area contributed by atoms with Crippen LogP contribution in [0.25, 0.3) is 0 Å². The largest absolute Gasteiger partial charge is 0.493 e. The lowest BCUT2D eigenvalue weighted by Gasteiger charge is -2.25. The van der Waals surface area contributed by atoms with E-state index in [1.165, 1.54) is 30.7 Å². The first-order valence-electron chi connectivity index (χ1n) is 13.4. The Hall–Kier alpha value is -2.08. The molecule has 0 aliphatic heterocycles. The molecule has 2 heterocycles. The van der Waals surface area contributed by atoms with Gasteiger partial charge in [0, 0.05) is 70.8 Å². The van der Waals surface area contributed by atoms with Crippen molar-refractivity contribution in [3.63, 3.8) is 0 Å². The van der Waals surface area contributed by atoms with Crippen LogP contribution in [0, 0.1) is 10.8 Å². The lowest BCUT2D eigenvalue weighted by Crippen LogP contribution is -2.27. The van der Waals surface area contributed by atoms with Crippen molar-refractivity contribution in [1.82, 2.24) is 18.3 Å². The molecule has 2 unspecified atom stereocenters. The molecular weight excluding hydrogens is 528 g/mol. The number of hydrogen-bond acceptors (Lipinski definition) is 6. The van der Waals surface area contributed by atoms with Crippen LogP contribution in [0.4, 0.5) is 0 Å². The highest BCUT2D eigenvalue weighted by Gasteiger charge is 2.23. The third kappa shape index (κ3) is 9.29. The highest BCUT2D eigenvalue weighted by molar-refractivity contribution is 7.88. The maximum absolute atomic E-state index is 12.6. The van der Waals surface area contributed by atoms with Crippen LogP contribution in [0.15, 0.2) is 22.0 Å². The quantitative estimate of drug-likeness (QED) is 0.299.